The normalized spacial score (nSPS) is 13.0. The van der Waals surface area contributed by atoms with Crippen LogP contribution in [-0.2, 0) is 7.05 Å². The highest BCUT2D eigenvalue weighted by molar-refractivity contribution is 5.17. The minimum Gasteiger partial charge on any atom is -0.271 e. The molecule has 0 saturated heterocycles. The van der Waals surface area contributed by atoms with Gasteiger partial charge < -0.3 is 0 Å². The Balaban J connectivity index is 2.36. The molecule has 0 aliphatic carbocycles. The molecule has 2 aromatic heterocycles. The zero-order valence-electron chi connectivity index (χ0n) is 7.68. The number of aryl methyl sites for hydroxylation is 1. The topological polar surface area (TPSA) is 97.4 Å². The zero-order chi connectivity index (χ0) is 9.97. The quantitative estimate of drug-likeness (QED) is 0.433. The van der Waals surface area contributed by atoms with Gasteiger partial charge in [0.2, 0.25) is 0 Å². The first-order valence-corrected chi connectivity index (χ1v) is 4.12. The highest BCUT2D eigenvalue weighted by atomic mass is 15.4. The highest BCUT2D eigenvalue weighted by Gasteiger charge is 2.17. The van der Waals surface area contributed by atoms with Crippen LogP contribution in [0.5, 0.6) is 0 Å². The Morgan fingerprint density at radius 2 is 2.50 bits per heavy atom. The van der Waals surface area contributed by atoms with Gasteiger partial charge in [-0.2, -0.15) is 20.5 Å². The van der Waals surface area contributed by atoms with Crippen molar-refractivity contribution in [1.29, 1.82) is 0 Å². The van der Waals surface area contributed by atoms with Gasteiger partial charge in [-0.25, -0.2) is 5.43 Å². The van der Waals surface area contributed by atoms with Crippen molar-refractivity contribution in [1.82, 2.24) is 30.6 Å². The van der Waals surface area contributed by atoms with Crippen molar-refractivity contribution >= 4 is 0 Å². The number of nitrogens with one attached hydrogen (secondary N) is 2. The van der Waals surface area contributed by atoms with E-state index in [2.05, 4.69) is 25.9 Å². The first-order valence-electron chi connectivity index (χ1n) is 4.12. The first-order chi connectivity index (χ1) is 6.83. The molecule has 0 spiro atoms. The first kappa shape index (κ1) is 8.85. The highest BCUT2D eigenvalue weighted by Crippen LogP contribution is 2.16. The molecule has 2 heterocycles. The molecule has 2 rings (SSSR count). The van der Waals surface area contributed by atoms with E-state index in [0.29, 0.717) is 0 Å². The van der Waals surface area contributed by atoms with Crippen LogP contribution in [0.2, 0.25) is 0 Å². The van der Waals surface area contributed by atoms with E-state index in [4.69, 9.17) is 5.84 Å². The largest absolute Gasteiger partial charge is 0.271 e. The SMILES string of the molecule is Cn1nccc1C(NN)c1cn[nH]n1. The van der Waals surface area contributed by atoms with E-state index in [1.165, 1.54) is 0 Å². The molecule has 14 heavy (non-hydrogen) atoms. The Kier molecular flexibility index (Phi) is 2.25. The number of rotatable bonds is 3. The summed E-state index contributed by atoms with van der Waals surface area (Å²) < 4.78 is 1.74. The molecule has 0 aromatic carbocycles. The van der Waals surface area contributed by atoms with Gasteiger partial charge in [0, 0.05) is 13.2 Å². The van der Waals surface area contributed by atoms with Gasteiger partial charge in [-0.05, 0) is 6.07 Å². The maximum atomic E-state index is 5.45. The van der Waals surface area contributed by atoms with E-state index in [9.17, 15) is 0 Å². The van der Waals surface area contributed by atoms with Crippen molar-refractivity contribution in [3.8, 4) is 0 Å². The molecule has 1 atom stereocenters. The van der Waals surface area contributed by atoms with E-state index in [1.807, 2.05) is 13.1 Å². The molecule has 4 N–H and O–H groups in total. The number of hydrogen-bond donors (Lipinski definition) is 3. The lowest BCUT2D eigenvalue weighted by atomic mass is 10.1. The van der Waals surface area contributed by atoms with Gasteiger partial charge in [-0.3, -0.25) is 10.5 Å². The van der Waals surface area contributed by atoms with Crippen molar-refractivity contribution in [2.24, 2.45) is 12.9 Å². The summed E-state index contributed by atoms with van der Waals surface area (Å²) in [5, 5.41) is 14.3. The summed E-state index contributed by atoms with van der Waals surface area (Å²) in [5.74, 6) is 5.45. The summed E-state index contributed by atoms with van der Waals surface area (Å²) in [6.45, 7) is 0. The van der Waals surface area contributed by atoms with Crippen LogP contribution in [0, 0.1) is 0 Å². The zero-order valence-corrected chi connectivity index (χ0v) is 7.68. The van der Waals surface area contributed by atoms with Crippen molar-refractivity contribution < 1.29 is 0 Å². The molecule has 0 amide bonds. The van der Waals surface area contributed by atoms with Gasteiger partial charge in [-0.1, -0.05) is 0 Å². The van der Waals surface area contributed by atoms with Crippen molar-refractivity contribution in [3.05, 3.63) is 29.8 Å². The number of aromatic amines is 1. The molecule has 0 aliphatic heterocycles. The van der Waals surface area contributed by atoms with E-state index in [0.717, 1.165) is 11.4 Å². The second kappa shape index (κ2) is 3.56. The van der Waals surface area contributed by atoms with Gasteiger partial charge in [0.05, 0.1) is 11.9 Å². The van der Waals surface area contributed by atoms with Crippen LogP contribution in [0.4, 0.5) is 0 Å². The van der Waals surface area contributed by atoms with Crippen LogP contribution in [0.15, 0.2) is 18.5 Å². The smallest absolute Gasteiger partial charge is 0.108 e. The minimum absolute atomic E-state index is 0.193. The fraction of sp³-hybridized carbons (Fsp3) is 0.286. The summed E-state index contributed by atoms with van der Waals surface area (Å²) in [6.07, 6.45) is 3.33. The standard InChI is InChI=1S/C7H11N7/c1-14-6(2-3-10-14)7(11-8)5-4-9-13-12-5/h2-4,7,11H,8H2,1H3,(H,9,12,13). The molecule has 1 unspecified atom stereocenters. The van der Waals surface area contributed by atoms with Crippen LogP contribution in [0.25, 0.3) is 0 Å². The molecule has 7 nitrogen and oxygen atoms in total. The third-order valence-electron chi connectivity index (χ3n) is 2.05. The van der Waals surface area contributed by atoms with Crippen molar-refractivity contribution in [3.63, 3.8) is 0 Å². The van der Waals surface area contributed by atoms with E-state index < -0.39 is 0 Å². The van der Waals surface area contributed by atoms with Crippen molar-refractivity contribution in [2.75, 3.05) is 0 Å². The Hall–Kier alpha value is -1.73. The lowest BCUT2D eigenvalue weighted by Crippen LogP contribution is -2.30. The summed E-state index contributed by atoms with van der Waals surface area (Å²) in [5.41, 5.74) is 4.33. The van der Waals surface area contributed by atoms with Crippen molar-refractivity contribution in [2.45, 2.75) is 6.04 Å². The number of nitrogens with two attached hydrogens (primary N) is 1. The lowest BCUT2D eigenvalue weighted by molar-refractivity contribution is 0.562. The summed E-state index contributed by atoms with van der Waals surface area (Å²) in [4.78, 5) is 0. The number of aromatic nitrogens is 5. The minimum atomic E-state index is -0.193. The molecule has 2 aromatic rings. The molecule has 0 saturated carbocycles. The molecule has 0 aliphatic rings. The fourth-order valence-corrected chi connectivity index (χ4v) is 1.34. The van der Waals surface area contributed by atoms with Crippen LogP contribution in [0.1, 0.15) is 17.4 Å². The Morgan fingerprint density at radius 1 is 1.64 bits per heavy atom. The predicted molar refractivity (Wildman–Crippen MR) is 48.8 cm³/mol. The number of nitrogens with zero attached hydrogens (tertiary/aromatic N) is 4. The van der Waals surface area contributed by atoms with Crippen LogP contribution in [-0.4, -0.2) is 25.2 Å². The molecule has 74 valence electrons. The van der Waals surface area contributed by atoms with Crippen LogP contribution >= 0.6 is 0 Å². The van der Waals surface area contributed by atoms with Gasteiger partial charge in [0.15, 0.2) is 0 Å². The maximum absolute atomic E-state index is 5.45. The fourth-order valence-electron chi connectivity index (χ4n) is 1.34. The number of H-pyrrole nitrogens is 1. The molecular weight excluding hydrogens is 182 g/mol. The third kappa shape index (κ3) is 1.38. The average molecular weight is 193 g/mol. The molecule has 7 heteroatoms. The average Bonchev–Trinajstić information content (AvgIpc) is 2.80. The Labute approximate surface area is 80.3 Å². The molecule has 0 bridgehead atoms. The third-order valence-corrected chi connectivity index (χ3v) is 2.05. The number of hydrogen-bond acceptors (Lipinski definition) is 5. The Bertz CT molecular complexity index is 390. The van der Waals surface area contributed by atoms with Gasteiger partial charge >= 0.3 is 0 Å². The second-order valence-corrected chi connectivity index (χ2v) is 2.87. The summed E-state index contributed by atoms with van der Waals surface area (Å²) >= 11 is 0. The molecular formula is C7H11N7. The van der Waals surface area contributed by atoms with Gasteiger partial charge in [0.25, 0.3) is 0 Å². The molecule has 0 radical (unpaired) electrons. The van der Waals surface area contributed by atoms with E-state index in [1.54, 1.807) is 17.1 Å². The van der Waals surface area contributed by atoms with Gasteiger partial charge in [-0.15, -0.1) is 0 Å². The summed E-state index contributed by atoms with van der Waals surface area (Å²) in [7, 11) is 1.85. The lowest BCUT2D eigenvalue weighted by Gasteiger charge is -2.12. The Morgan fingerprint density at radius 3 is 3.00 bits per heavy atom. The predicted octanol–water partition coefficient (Wildman–Crippen LogP) is -0.909. The monoisotopic (exact) mass is 193 g/mol. The molecule has 0 fully saturated rings. The van der Waals surface area contributed by atoms with E-state index >= 15 is 0 Å². The van der Waals surface area contributed by atoms with Crippen LogP contribution in [0.3, 0.4) is 0 Å². The second-order valence-electron chi connectivity index (χ2n) is 2.87. The summed E-state index contributed by atoms with van der Waals surface area (Å²) in [6, 6.07) is 1.68. The number of hydrazine groups is 1. The van der Waals surface area contributed by atoms with Gasteiger partial charge in [0.1, 0.15) is 11.7 Å². The maximum Gasteiger partial charge on any atom is 0.108 e. The van der Waals surface area contributed by atoms with E-state index in [-0.39, 0.29) is 6.04 Å². The van der Waals surface area contributed by atoms with Crippen LogP contribution < -0.4 is 11.3 Å².